The van der Waals surface area contributed by atoms with E-state index in [4.69, 9.17) is 4.74 Å². The number of carbonyl (C=O) groups excluding carboxylic acids is 1. The number of ether oxygens (including phenoxy) is 1. The second-order valence-electron chi connectivity index (χ2n) is 6.81. The van der Waals surface area contributed by atoms with E-state index in [1.165, 1.54) is 0 Å². The highest BCUT2D eigenvalue weighted by Crippen LogP contribution is 2.15. The number of benzene rings is 2. The Hall–Kier alpha value is -2.82. The number of amides is 1. The van der Waals surface area contributed by atoms with Crippen molar-refractivity contribution in [2.75, 3.05) is 6.61 Å². The van der Waals surface area contributed by atoms with E-state index in [1.54, 1.807) is 12.1 Å². The van der Waals surface area contributed by atoms with Gasteiger partial charge >= 0.3 is 0 Å². The van der Waals surface area contributed by atoms with E-state index in [1.807, 2.05) is 48.0 Å². The van der Waals surface area contributed by atoms with Crippen molar-refractivity contribution in [3.8, 4) is 5.75 Å². The van der Waals surface area contributed by atoms with Gasteiger partial charge in [0.15, 0.2) is 0 Å². The number of nitrogens with zero attached hydrogens (tertiary/aromatic N) is 2. The molecule has 0 atom stereocenters. The van der Waals surface area contributed by atoms with E-state index in [2.05, 4.69) is 24.1 Å². The largest absolute Gasteiger partial charge is 0.494 e. The molecule has 0 spiro atoms. The van der Waals surface area contributed by atoms with Gasteiger partial charge < -0.3 is 14.6 Å². The average Bonchev–Trinajstić information content (AvgIpc) is 2.96. The summed E-state index contributed by atoms with van der Waals surface area (Å²) < 4.78 is 7.69. The van der Waals surface area contributed by atoms with Gasteiger partial charge in [0.25, 0.3) is 5.91 Å². The van der Waals surface area contributed by atoms with Crippen molar-refractivity contribution >= 4 is 16.9 Å². The van der Waals surface area contributed by atoms with Crippen LogP contribution in [-0.4, -0.2) is 22.1 Å². The molecule has 0 bridgehead atoms. The molecule has 0 fully saturated rings. The van der Waals surface area contributed by atoms with Gasteiger partial charge in [0.05, 0.1) is 24.2 Å². The summed E-state index contributed by atoms with van der Waals surface area (Å²) in [5.74, 6) is 2.11. The first-order valence-electron chi connectivity index (χ1n) is 8.96. The van der Waals surface area contributed by atoms with Crippen molar-refractivity contribution in [3.05, 3.63) is 59.9 Å². The fourth-order valence-corrected chi connectivity index (χ4v) is 2.73. The third kappa shape index (κ3) is 4.23. The van der Waals surface area contributed by atoms with Gasteiger partial charge in [0, 0.05) is 12.6 Å². The number of nitrogens with one attached hydrogen (secondary N) is 1. The van der Waals surface area contributed by atoms with Gasteiger partial charge in [-0.05, 0) is 48.7 Å². The van der Waals surface area contributed by atoms with Crippen LogP contribution in [0.3, 0.4) is 0 Å². The number of aryl methyl sites for hydroxylation is 1. The number of para-hydroxylation sites is 2. The van der Waals surface area contributed by atoms with Crippen LogP contribution in [-0.2, 0) is 13.6 Å². The van der Waals surface area contributed by atoms with Crippen LogP contribution in [0.1, 0.15) is 36.5 Å². The molecule has 0 saturated heterocycles. The Balaban J connectivity index is 1.58. The van der Waals surface area contributed by atoms with Gasteiger partial charge in [-0.25, -0.2) is 4.98 Å². The Morgan fingerprint density at radius 1 is 1.15 bits per heavy atom. The summed E-state index contributed by atoms with van der Waals surface area (Å²) in [6.45, 7) is 5.41. The van der Waals surface area contributed by atoms with E-state index in [0.29, 0.717) is 24.6 Å². The fraction of sp³-hybridized carbons (Fsp3) is 0.333. The lowest BCUT2D eigenvalue weighted by Gasteiger charge is -2.09. The molecule has 0 unspecified atom stereocenters. The van der Waals surface area contributed by atoms with Crippen molar-refractivity contribution in [1.29, 1.82) is 0 Å². The number of imidazole rings is 1. The molecule has 3 aromatic rings. The zero-order valence-corrected chi connectivity index (χ0v) is 15.5. The smallest absolute Gasteiger partial charge is 0.251 e. The fourth-order valence-electron chi connectivity index (χ4n) is 2.73. The van der Waals surface area contributed by atoms with E-state index < -0.39 is 0 Å². The number of fused-ring (bicyclic) bond motifs is 1. The highest BCUT2D eigenvalue weighted by atomic mass is 16.5. The molecule has 1 aromatic heterocycles. The lowest BCUT2D eigenvalue weighted by Crippen LogP contribution is -2.24. The molecule has 0 aliphatic heterocycles. The van der Waals surface area contributed by atoms with E-state index in [9.17, 15) is 4.79 Å². The maximum atomic E-state index is 12.4. The Labute approximate surface area is 154 Å². The van der Waals surface area contributed by atoms with Gasteiger partial charge in [-0.1, -0.05) is 26.0 Å². The lowest BCUT2D eigenvalue weighted by molar-refractivity contribution is 0.0949. The molecule has 0 saturated carbocycles. The predicted octanol–water partition coefficient (Wildman–Crippen LogP) is 3.93. The minimum Gasteiger partial charge on any atom is -0.494 e. The summed E-state index contributed by atoms with van der Waals surface area (Å²) in [6, 6.07) is 15.2. The molecular weight excluding hydrogens is 326 g/mol. The van der Waals surface area contributed by atoms with Crippen LogP contribution >= 0.6 is 0 Å². The lowest BCUT2D eigenvalue weighted by atomic mass is 10.1. The van der Waals surface area contributed by atoms with Crippen molar-refractivity contribution in [2.24, 2.45) is 13.0 Å². The van der Waals surface area contributed by atoms with Gasteiger partial charge in [0.1, 0.15) is 11.6 Å². The first kappa shape index (κ1) is 18.0. The summed E-state index contributed by atoms with van der Waals surface area (Å²) in [5, 5.41) is 2.93. The average molecular weight is 351 g/mol. The summed E-state index contributed by atoms with van der Waals surface area (Å²) in [4.78, 5) is 16.9. The summed E-state index contributed by atoms with van der Waals surface area (Å²) in [6.07, 6.45) is 1.01. The van der Waals surface area contributed by atoms with Gasteiger partial charge in [-0.15, -0.1) is 0 Å². The number of rotatable bonds is 7. The highest BCUT2D eigenvalue weighted by molar-refractivity contribution is 5.94. The van der Waals surface area contributed by atoms with Crippen molar-refractivity contribution in [3.63, 3.8) is 0 Å². The van der Waals surface area contributed by atoms with E-state index in [0.717, 1.165) is 29.0 Å². The maximum absolute atomic E-state index is 12.4. The van der Waals surface area contributed by atoms with Crippen LogP contribution in [0.15, 0.2) is 48.5 Å². The van der Waals surface area contributed by atoms with Gasteiger partial charge in [-0.2, -0.15) is 0 Å². The second kappa shape index (κ2) is 8.04. The molecule has 1 heterocycles. The third-order valence-electron chi connectivity index (χ3n) is 4.37. The first-order valence-corrected chi connectivity index (χ1v) is 8.96. The summed E-state index contributed by atoms with van der Waals surface area (Å²) >= 11 is 0. The Bertz CT molecular complexity index is 882. The Kier molecular flexibility index (Phi) is 5.56. The zero-order chi connectivity index (χ0) is 18.5. The minimum atomic E-state index is -0.120. The zero-order valence-electron chi connectivity index (χ0n) is 15.5. The van der Waals surface area contributed by atoms with Gasteiger partial charge in [-0.3, -0.25) is 4.79 Å². The molecule has 1 amide bonds. The SMILES string of the molecule is CC(C)CCOc1ccc(C(=O)NCc2nc3ccccc3n2C)cc1. The highest BCUT2D eigenvalue weighted by Gasteiger charge is 2.10. The number of aromatic nitrogens is 2. The maximum Gasteiger partial charge on any atom is 0.251 e. The molecule has 1 N–H and O–H groups in total. The molecule has 26 heavy (non-hydrogen) atoms. The monoisotopic (exact) mass is 351 g/mol. The molecule has 0 radical (unpaired) electrons. The standard InChI is InChI=1S/C21H25N3O2/c1-15(2)12-13-26-17-10-8-16(9-11-17)21(25)22-14-20-23-18-6-4-5-7-19(18)24(20)3/h4-11,15H,12-14H2,1-3H3,(H,22,25). The molecule has 136 valence electrons. The first-order chi connectivity index (χ1) is 12.5. The van der Waals surface area contributed by atoms with Gasteiger partial charge in [0.2, 0.25) is 0 Å². The molecule has 3 rings (SSSR count). The summed E-state index contributed by atoms with van der Waals surface area (Å²) in [5.41, 5.74) is 2.60. The van der Waals surface area contributed by atoms with Crippen molar-refractivity contribution in [2.45, 2.75) is 26.8 Å². The third-order valence-corrected chi connectivity index (χ3v) is 4.37. The van der Waals surface area contributed by atoms with E-state index >= 15 is 0 Å². The molecular formula is C21H25N3O2. The van der Waals surface area contributed by atoms with Crippen LogP contribution in [0.5, 0.6) is 5.75 Å². The molecule has 2 aromatic carbocycles. The van der Waals surface area contributed by atoms with E-state index in [-0.39, 0.29) is 5.91 Å². The molecule has 0 aliphatic rings. The number of hydrogen-bond donors (Lipinski definition) is 1. The molecule has 5 nitrogen and oxygen atoms in total. The van der Waals surface area contributed by atoms with Crippen molar-refractivity contribution in [1.82, 2.24) is 14.9 Å². The van der Waals surface area contributed by atoms with Crippen LogP contribution in [0.25, 0.3) is 11.0 Å². The quantitative estimate of drug-likeness (QED) is 0.702. The Morgan fingerprint density at radius 2 is 1.88 bits per heavy atom. The van der Waals surface area contributed by atoms with Crippen LogP contribution < -0.4 is 10.1 Å². The summed E-state index contributed by atoms with van der Waals surface area (Å²) in [7, 11) is 1.96. The van der Waals surface area contributed by atoms with Crippen molar-refractivity contribution < 1.29 is 9.53 Å². The Morgan fingerprint density at radius 3 is 2.58 bits per heavy atom. The number of carbonyl (C=O) groups is 1. The molecule has 0 aliphatic carbocycles. The second-order valence-corrected chi connectivity index (χ2v) is 6.81. The van der Waals surface area contributed by atoms with Crippen LogP contribution in [0.4, 0.5) is 0 Å². The topological polar surface area (TPSA) is 56.1 Å². The normalized spacial score (nSPS) is 11.1. The number of hydrogen-bond acceptors (Lipinski definition) is 3. The minimum absolute atomic E-state index is 0.120. The van der Waals surface area contributed by atoms with Crippen LogP contribution in [0, 0.1) is 5.92 Å². The van der Waals surface area contributed by atoms with Crippen LogP contribution in [0.2, 0.25) is 0 Å². The molecule has 5 heteroatoms. The predicted molar refractivity (Wildman–Crippen MR) is 103 cm³/mol.